The molecule has 0 radical (unpaired) electrons. The molecule has 3 rings (SSSR count). The topological polar surface area (TPSA) is 49.4 Å². The molecule has 0 spiro atoms. The van der Waals surface area contributed by atoms with Gasteiger partial charge >= 0.3 is 0 Å². The maximum atomic E-state index is 14.3. The predicted octanol–water partition coefficient (Wildman–Crippen LogP) is 4.54. The zero-order valence-electron chi connectivity index (χ0n) is 17.9. The highest BCUT2D eigenvalue weighted by atomic mass is 19.1. The first-order chi connectivity index (χ1) is 14.4. The number of amides is 2. The normalized spacial score (nSPS) is 15.4. The van der Waals surface area contributed by atoms with E-state index in [9.17, 15) is 14.0 Å². The van der Waals surface area contributed by atoms with Crippen molar-refractivity contribution in [2.24, 2.45) is 0 Å². The Kier molecular flexibility index (Phi) is 7.61. The van der Waals surface area contributed by atoms with E-state index in [-0.39, 0.29) is 36.6 Å². The molecule has 1 N–H and O–H groups in total. The summed E-state index contributed by atoms with van der Waals surface area (Å²) in [6.45, 7) is 3.79. The summed E-state index contributed by atoms with van der Waals surface area (Å²) in [5.74, 6) is -0.727. The van der Waals surface area contributed by atoms with Crippen LogP contribution in [0.1, 0.15) is 55.7 Å². The van der Waals surface area contributed by atoms with Crippen LogP contribution in [0.15, 0.2) is 48.5 Å². The molecule has 0 heterocycles. The third kappa shape index (κ3) is 5.91. The number of rotatable bonds is 7. The summed E-state index contributed by atoms with van der Waals surface area (Å²) >= 11 is 0. The molecule has 5 heteroatoms. The molecule has 1 aliphatic rings. The molecule has 1 fully saturated rings. The molecule has 1 aliphatic carbocycles. The van der Waals surface area contributed by atoms with Crippen LogP contribution in [0, 0.1) is 12.7 Å². The maximum absolute atomic E-state index is 14.3. The minimum absolute atomic E-state index is 0.0661. The van der Waals surface area contributed by atoms with Crippen molar-refractivity contribution in [1.82, 2.24) is 10.2 Å². The average molecular weight is 411 g/mol. The third-order valence-corrected chi connectivity index (χ3v) is 5.89. The van der Waals surface area contributed by atoms with Crippen LogP contribution < -0.4 is 5.32 Å². The van der Waals surface area contributed by atoms with Gasteiger partial charge < -0.3 is 10.2 Å². The zero-order chi connectivity index (χ0) is 21.5. The molecule has 2 aromatic rings. The number of hydrogen-bond acceptors (Lipinski definition) is 2. The minimum Gasteiger partial charge on any atom is -0.352 e. The van der Waals surface area contributed by atoms with Crippen molar-refractivity contribution in [2.75, 3.05) is 0 Å². The molecule has 30 heavy (non-hydrogen) atoms. The summed E-state index contributed by atoms with van der Waals surface area (Å²) < 4.78 is 14.3. The molecular weight excluding hydrogens is 379 g/mol. The molecule has 4 nitrogen and oxygen atoms in total. The average Bonchev–Trinajstić information content (AvgIpc) is 2.75. The minimum atomic E-state index is -0.676. The van der Waals surface area contributed by atoms with Crippen LogP contribution in [0.5, 0.6) is 0 Å². The number of nitrogens with one attached hydrogen (secondary N) is 1. The van der Waals surface area contributed by atoms with Crippen LogP contribution in [0.3, 0.4) is 0 Å². The standard InChI is InChI=1S/C25H31FN2O2/c1-18-12-14-20(15-13-18)16-24(29)28(17-21-8-6-7-11-23(21)26)19(2)25(30)27-22-9-4-3-5-10-22/h6-8,11-15,19,22H,3-5,9-10,16-17H2,1-2H3,(H,27,30)/t19-/m1/s1. The van der Waals surface area contributed by atoms with Gasteiger partial charge in [-0.2, -0.15) is 0 Å². The number of carbonyl (C=O) groups excluding carboxylic acids is 2. The van der Waals surface area contributed by atoms with Gasteiger partial charge in [-0.3, -0.25) is 9.59 Å². The summed E-state index contributed by atoms with van der Waals surface area (Å²) in [6.07, 6.45) is 5.56. The number of halogens is 1. The first kappa shape index (κ1) is 22.0. The van der Waals surface area contributed by atoms with E-state index in [1.807, 2.05) is 31.2 Å². The quantitative estimate of drug-likeness (QED) is 0.728. The Morgan fingerprint density at radius 1 is 1.07 bits per heavy atom. The fourth-order valence-electron chi connectivity index (χ4n) is 3.94. The largest absolute Gasteiger partial charge is 0.352 e. The van der Waals surface area contributed by atoms with Crippen LogP contribution >= 0.6 is 0 Å². The van der Waals surface area contributed by atoms with Gasteiger partial charge in [-0.1, -0.05) is 67.3 Å². The van der Waals surface area contributed by atoms with E-state index in [0.29, 0.717) is 5.56 Å². The lowest BCUT2D eigenvalue weighted by Crippen LogP contribution is -2.50. The van der Waals surface area contributed by atoms with E-state index in [1.54, 1.807) is 25.1 Å². The van der Waals surface area contributed by atoms with Gasteiger partial charge in [0.1, 0.15) is 11.9 Å². The molecular formula is C25H31FN2O2. The summed E-state index contributed by atoms with van der Waals surface area (Å²) in [5, 5.41) is 3.10. The van der Waals surface area contributed by atoms with Crippen LogP contribution in [-0.2, 0) is 22.6 Å². The SMILES string of the molecule is Cc1ccc(CC(=O)N(Cc2ccccc2F)[C@H](C)C(=O)NC2CCCCC2)cc1. The summed E-state index contributed by atoms with van der Waals surface area (Å²) in [7, 11) is 0. The molecule has 1 saturated carbocycles. The zero-order valence-corrected chi connectivity index (χ0v) is 17.9. The lowest BCUT2D eigenvalue weighted by Gasteiger charge is -2.31. The Balaban J connectivity index is 1.76. The maximum Gasteiger partial charge on any atom is 0.242 e. The first-order valence-corrected chi connectivity index (χ1v) is 10.8. The molecule has 0 bridgehead atoms. The number of aryl methyl sites for hydroxylation is 1. The lowest BCUT2D eigenvalue weighted by molar-refractivity contribution is -0.140. The molecule has 2 aromatic carbocycles. The number of hydrogen-bond donors (Lipinski definition) is 1. The third-order valence-electron chi connectivity index (χ3n) is 5.89. The number of benzene rings is 2. The van der Waals surface area contributed by atoms with Gasteiger partial charge in [0.2, 0.25) is 11.8 Å². The van der Waals surface area contributed by atoms with Crippen molar-refractivity contribution < 1.29 is 14.0 Å². The lowest BCUT2D eigenvalue weighted by atomic mass is 9.95. The Hall–Kier alpha value is -2.69. The summed E-state index contributed by atoms with van der Waals surface area (Å²) in [5.41, 5.74) is 2.41. The van der Waals surface area contributed by atoms with Gasteiger partial charge in [-0.25, -0.2) is 4.39 Å². The molecule has 0 saturated heterocycles. The fraction of sp³-hybridized carbons (Fsp3) is 0.440. The van der Waals surface area contributed by atoms with Gasteiger partial charge in [-0.05, 0) is 38.3 Å². The van der Waals surface area contributed by atoms with Crippen molar-refractivity contribution in [1.29, 1.82) is 0 Å². The second-order valence-electron chi connectivity index (χ2n) is 8.29. The Bertz CT molecular complexity index is 860. The molecule has 0 unspecified atom stereocenters. The van der Waals surface area contributed by atoms with Crippen molar-refractivity contribution in [2.45, 2.75) is 71.0 Å². The molecule has 2 amide bonds. The van der Waals surface area contributed by atoms with E-state index < -0.39 is 6.04 Å². The van der Waals surface area contributed by atoms with Gasteiger partial charge in [0, 0.05) is 18.2 Å². The van der Waals surface area contributed by atoms with Gasteiger partial charge in [0.05, 0.1) is 6.42 Å². The predicted molar refractivity (Wildman–Crippen MR) is 116 cm³/mol. The van der Waals surface area contributed by atoms with Gasteiger partial charge in [0.25, 0.3) is 0 Å². The van der Waals surface area contributed by atoms with E-state index >= 15 is 0 Å². The summed E-state index contributed by atoms with van der Waals surface area (Å²) in [6, 6.07) is 13.7. The highest BCUT2D eigenvalue weighted by molar-refractivity contribution is 5.88. The van der Waals surface area contributed by atoms with Gasteiger partial charge in [-0.15, -0.1) is 0 Å². The molecule has 0 aromatic heterocycles. The van der Waals surface area contributed by atoms with E-state index in [4.69, 9.17) is 0 Å². The Morgan fingerprint density at radius 3 is 2.40 bits per heavy atom. The molecule has 0 aliphatic heterocycles. The fourth-order valence-corrected chi connectivity index (χ4v) is 3.94. The van der Waals surface area contributed by atoms with Gasteiger partial charge in [0.15, 0.2) is 0 Å². The molecule has 1 atom stereocenters. The van der Waals surface area contributed by atoms with Crippen LogP contribution in [0.2, 0.25) is 0 Å². The van der Waals surface area contributed by atoms with Crippen molar-refractivity contribution in [3.8, 4) is 0 Å². The molecule has 160 valence electrons. The second-order valence-corrected chi connectivity index (χ2v) is 8.29. The number of carbonyl (C=O) groups is 2. The Labute approximate surface area is 178 Å². The van der Waals surface area contributed by atoms with Crippen molar-refractivity contribution in [3.63, 3.8) is 0 Å². The smallest absolute Gasteiger partial charge is 0.242 e. The first-order valence-electron chi connectivity index (χ1n) is 10.8. The Morgan fingerprint density at radius 2 is 1.73 bits per heavy atom. The van der Waals surface area contributed by atoms with E-state index in [2.05, 4.69) is 5.32 Å². The van der Waals surface area contributed by atoms with Crippen LogP contribution in [0.4, 0.5) is 4.39 Å². The monoisotopic (exact) mass is 410 g/mol. The highest BCUT2D eigenvalue weighted by Gasteiger charge is 2.28. The van der Waals surface area contributed by atoms with E-state index in [1.165, 1.54) is 17.4 Å². The second kappa shape index (κ2) is 10.4. The van der Waals surface area contributed by atoms with E-state index in [0.717, 1.165) is 36.8 Å². The van der Waals surface area contributed by atoms with Crippen molar-refractivity contribution >= 4 is 11.8 Å². The van der Waals surface area contributed by atoms with Crippen LogP contribution in [-0.4, -0.2) is 28.8 Å². The van der Waals surface area contributed by atoms with Crippen LogP contribution in [0.25, 0.3) is 0 Å². The highest BCUT2D eigenvalue weighted by Crippen LogP contribution is 2.19. The summed E-state index contributed by atoms with van der Waals surface area (Å²) in [4.78, 5) is 27.6. The number of nitrogens with zero attached hydrogens (tertiary/aromatic N) is 1. The van der Waals surface area contributed by atoms with Crippen molar-refractivity contribution in [3.05, 3.63) is 71.0 Å².